The molecule has 35 heavy (non-hydrogen) atoms. The predicted octanol–water partition coefficient (Wildman–Crippen LogP) is 4.12. The largest absolute Gasteiger partial charge is 0.493 e. The number of carbonyl (C=O) groups is 2. The second-order valence-corrected chi connectivity index (χ2v) is 9.10. The van der Waals surface area contributed by atoms with Gasteiger partial charge in [-0.3, -0.25) is 14.6 Å². The number of hydrogen-bond donors (Lipinski definition) is 1. The van der Waals surface area contributed by atoms with Crippen LogP contribution in [0.2, 0.25) is 10.0 Å². The summed E-state index contributed by atoms with van der Waals surface area (Å²) in [5.41, 5.74) is 1.92. The standard InChI is InChI=1S/C25H28Cl2N4O4/c1-34-21-8-7-17(16-22(21)35-2)15-19-24(32)31(25(33)28-19)10-4-9-29-11-13-30(14-12-29)20-6-3-5-18(26)23(20)27/h3,5-8,15-16H,4,9-14H2,1-2H3,(H,28,33)/b19-15-. The summed E-state index contributed by atoms with van der Waals surface area (Å²) in [4.78, 5) is 31.0. The van der Waals surface area contributed by atoms with Gasteiger partial charge in [0.2, 0.25) is 0 Å². The van der Waals surface area contributed by atoms with Gasteiger partial charge >= 0.3 is 6.03 Å². The van der Waals surface area contributed by atoms with E-state index in [1.54, 1.807) is 44.6 Å². The molecule has 3 amide bonds. The topological polar surface area (TPSA) is 74.4 Å². The fourth-order valence-electron chi connectivity index (χ4n) is 4.29. The molecule has 186 valence electrons. The lowest BCUT2D eigenvalue weighted by atomic mass is 10.1. The molecule has 0 aromatic heterocycles. The number of urea groups is 1. The molecule has 0 bridgehead atoms. The van der Waals surface area contributed by atoms with E-state index in [1.165, 1.54) is 4.90 Å². The summed E-state index contributed by atoms with van der Waals surface area (Å²) in [6.07, 6.45) is 2.34. The van der Waals surface area contributed by atoms with Crippen LogP contribution >= 0.6 is 23.2 Å². The van der Waals surface area contributed by atoms with E-state index in [1.807, 2.05) is 12.1 Å². The molecule has 8 nitrogen and oxygen atoms in total. The van der Waals surface area contributed by atoms with E-state index in [0.29, 0.717) is 34.5 Å². The number of rotatable bonds is 8. The van der Waals surface area contributed by atoms with Crippen LogP contribution in [0.15, 0.2) is 42.1 Å². The maximum absolute atomic E-state index is 12.8. The summed E-state index contributed by atoms with van der Waals surface area (Å²) in [5, 5.41) is 3.81. The number of carbonyl (C=O) groups excluding carboxylic acids is 2. The number of nitrogens with one attached hydrogen (secondary N) is 1. The lowest BCUT2D eigenvalue weighted by Gasteiger charge is -2.36. The van der Waals surface area contributed by atoms with E-state index in [0.717, 1.165) is 44.0 Å². The van der Waals surface area contributed by atoms with Crippen molar-refractivity contribution in [3.05, 3.63) is 57.7 Å². The van der Waals surface area contributed by atoms with Crippen molar-refractivity contribution in [2.75, 3.05) is 58.4 Å². The highest BCUT2D eigenvalue weighted by Gasteiger charge is 2.33. The van der Waals surface area contributed by atoms with E-state index in [9.17, 15) is 9.59 Å². The molecule has 2 heterocycles. The molecule has 0 radical (unpaired) electrons. The van der Waals surface area contributed by atoms with Gasteiger partial charge in [-0.1, -0.05) is 35.3 Å². The molecule has 0 spiro atoms. The third-order valence-electron chi connectivity index (χ3n) is 6.18. The first-order chi connectivity index (χ1) is 16.9. The summed E-state index contributed by atoms with van der Waals surface area (Å²) in [5.74, 6) is 0.813. The highest BCUT2D eigenvalue weighted by Crippen LogP contribution is 2.33. The number of piperazine rings is 1. The van der Waals surface area contributed by atoms with Crippen molar-refractivity contribution in [2.45, 2.75) is 6.42 Å². The number of imide groups is 1. The first-order valence-corrected chi connectivity index (χ1v) is 12.1. The summed E-state index contributed by atoms with van der Waals surface area (Å²) in [6, 6.07) is 10.6. The fraction of sp³-hybridized carbons (Fsp3) is 0.360. The minimum atomic E-state index is -0.401. The first-order valence-electron chi connectivity index (χ1n) is 11.4. The molecule has 2 aromatic carbocycles. The van der Waals surface area contributed by atoms with Crippen LogP contribution < -0.4 is 19.7 Å². The van der Waals surface area contributed by atoms with Crippen molar-refractivity contribution >= 4 is 46.9 Å². The van der Waals surface area contributed by atoms with E-state index >= 15 is 0 Å². The Balaban J connectivity index is 1.28. The fourth-order valence-corrected chi connectivity index (χ4v) is 4.70. The highest BCUT2D eigenvalue weighted by atomic mass is 35.5. The molecule has 0 saturated carbocycles. The van der Waals surface area contributed by atoms with E-state index < -0.39 is 6.03 Å². The number of methoxy groups -OCH3 is 2. The van der Waals surface area contributed by atoms with Gasteiger partial charge in [0.05, 0.1) is 30.0 Å². The van der Waals surface area contributed by atoms with Gasteiger partial charge in [0.15, 0.2) is 11.5 Å². The molecule has 2 aliphatic heterocycles. The Kier molecular flexibility index (Phi) is 8.05. The van der Waals surface area contributed by atoms with Crippen LogP contribution in [0.3, 0.4) is 0 Å². The lowest BCUT2D eigenvalue weighted by molar-refractivity contribution is -0.122. The Morgan fingerprint density at radius 2 is 1.71 bits per heavy atom. The number of hydrogen-bond acceptors (Lipinski definition) is 6. The average Bonchev–Trinajstić information content (AvgIpc) is 3.13. The SMILES string of the molecule is COc1ccc(/C=C2\NC(=O)N(CCCN3CCN(c4cccc(Cl)c4Cl)CC3)C2=O)cc1OC. The van der Waals surface area contributed by atoms with Crippen molar-refractivity contribution in [1.82, 2.24) is 15.1 Å². The van der Waals surface area contributed by atoms with Gasteiger partial charge in [0, 0.05) is 32.7 Å². The smallest absolute Gasteiger partial charge is 0.329 e. The predicted molar refractivity (Wildman–Crippen MR) is 137 cm³/mol. The van der Waals surface area contributed by atoms with Crippen LogP contribution in [-0.4, -0.2) is 75.2 Å². The molecule has 1 N–H and O–H groups in total. The van der Waals surface area contributed by atoms with Gasteiger partial charge in [-0.25, -0.2) is 4.79 Å². The van der Waals surface area contributed by atoms with Crippen LogP contribution in [0.5, 0.6) is 11.5 Å². The average molecular weight is 519 g/mol. The Morgan fingerprint density at radius 1 is 0.971 bits per heavy atom. The molecular formula is C25H28Cl2N4O4. The zero-order valence-corrected chi connectivity index (χ0v) is 21.2. The maximum atomic E-state index is 12.8. The minimum absolute atomic E-state index is 0.245. The molecule has 0 unspecified atom stereocenters. The Hall–Kier alpha value is -2.94. The van der Waals surface area contributed by atoms with Gasteiger partial charge < -0.3 is 19.7 Å². The molecular weight excluding hydrogens is 491 g/mol. The van der Waals surface area contributed by atoms with E-state index in [4.69, 9.17) is 32.7 Å². The van der Waals surface area contributed by atoms with Gasteiger partial charge in [-0.15, -0.1) is 0 Å². The van der Waals surface area contributed by atoms with Crippen molar-refractivity contribution in [2.24, 2.45) is 0 Å². The quantitative estimate of drug-likeness (QED) is 0.418. The Labute approximate surface area is 215 Å². The van der Waals surface area contributed by atoms with Crippen LogP contribution in [0.4, 0.5) is 10.5 Å². The molecule has 2 fully saturated rings. The highest BCUT2D eigenvalue weighted by molar-refractivity contribution is 6.43. The molecule has 0 aliphatic carbocycles. The third-order valence-corrected chi connectivity index (χ3v) is 6.99. The first kappa shape index (κ1) is 25.2. The summed E-state index contributed by atoms with van der Waals surface area (Å²) in [6.45, 7) is 4.56. The van der Waals surface area contributed by atoms with Crippen LogP contribution in [-0.2, 0) is 4.79 Å². The number of benzene rings is 2. The molecule has 4 rings (SSSR count). The van der Waals surface area contributed by atoms with Crippen molar-refractivity contribution in [3.8, 4) is 11.5 Å². The second-order valence-electron chi connectivity index (χ2n) is 8.31. The number of halogens is 2. The van der Waals surface area contributed by atoms with E-state index in [-0.39, 0.29) is 11.6 Å². The van der Waals surface area contributed by atoms with Crippen molar-refractivity contribution in [3.63, 3.8) is 0 Å². The zero-order chi connectivity index (χ0) is 24.9. The number of anilines is 1. The van der Waals surface area contributed by atoms with Crippen LogP contribution in [0, 0.1) is 0 Å². The van der Waals surface area contributed by atoms with Crippen LogP contribution in [0.25, 0.3) is 6.08 Å². The second kappa shape index (κ2) is 11.2. The van der Waals surface area contributed by atoms with Gasteiger partial charge in [-0.2, -0.15) is 0 Å². The van der Waals surface area contributed by atoms with Gasteiger partial charge in [0.1, 0.15) is 5.70 Å². The number of ether oxygens (including phenoxy) is 2. The van der Waals surface area contributed by atoms with Gasteiger partial charge in [-0.05, 0) is 48.9 Å². The van der Waals surface area contributed by atoms with Crippen molar-refractivity contribution < 1.29 is 19.1 Å². The maximum Gasteiger partial charge on any atom is 0.329 e. The molecule has 0 atom stereocenters. The van der Waals surface area contributed by atoms with E-state index in [2.05, 4.69) is 15.1 Å². The van der Waals surface area contributed by atoms with Crippen LogP contribution in [0.1, 0.15) is 12.0 Å². The lowest BCUT2D eigenvalue weighted by Crippen LogP contribution is -2.47. The molecule has 2 aromatic rings. The summed E-state index contributed by atoms with van der Waals surface area (Å²) < 4.78 is 10.5. The van der Waals surface area contributed by atoms with Crippen molar-refractivity contribution in [1.29, 1.82) is 0 Å². The minimum Gasteiger partial charge on any atom is -0.493 e. The zero-order valence-electron chi connectivity index (χ0n) is 19.7. The van der Waals surface area contributed by atoms with Gasteiger partial charge in [0.25, 0.3) is 5.91 Å². The Morgan fingerprint density at radius 3 is 2.43 bits per heavy atom. The summed E-state index contributed by atoms with van der Waals surface area (Å²) in [7, 11) is 3.11. The summed E-state index contributed by atoms with van der Waals surface area (Å²) >= 11 is 12.5. The molecule has 2 aliphatic rings. The number of amides is 3. The molecule has 2 saturated heterocycles. The normalized spacial score (nSPS) is 17.8. The molecule has 10 heteroatoms. The third kappa shape index (κ3) is 5.66. The monoisotopic (exact) mass is 518 g/mol. The number of nitrogens with zero attached hydrogens (tertiary/aromatic N) is 3. The Bertz CT molecular complexity index is 1130.